The number of hydrogen-bond donors (Lipinski definition) is 0. The largest absolute Gasteiger partial charge is 0.379 e. The van der Waals surface area contributed by atoms with Crippen LogP contribution in [-0.2, 0) is 11.2 Å². The number of hydrogen-bond acceptors (Lipinski definition) is 5. The first-order valence-corrected chi connectivity index (χ1v) is 12.1. The first-order valence-electron chi connectivity index (χ1n) is 12.1. The lowest BCUT2D eigenvalue weighted by Gasteiger charge is -2.36. The molecule has 0 radical (unpaired) electrons. The molecule has 0 atom stereocenters. The number of piperazine rings is 1. The Morgan fingerprint density at radius 3 is 2.41 bits per heavy atom. The van der Waals surface area contributed by atoms with Crippen molar-refractivity contribution in [2.45, 2.75) is 12.8 Å². The molecule has 2 fully saturated rings. The van der Waals surface area contributed by atoms with Crippen molar-refractivity contribution in [3.05, 3.63) is 66.2 Å². The Bertz CT molecular complexity index is 977. The summed E-state index contributed by atoms with van der Waals surface area (Å²) in [5, 5.41) is 0. The number of aromatic nitrogens is 2. The molecule has 0 aromatic carbocycles. The molecular formula is C26H35N5O. The van der Waals surface area contributed by atoms with E-state index in [1.165, 1.54) is 37.4 Å². The van der Waals surface area contributed by atoms with Gasteiger partial charge in [-0.3, -0.25) is 9.80 Å². The van der Waals surface area contributed by atoms with Gasteiger partial charge >= 0.3 is 0 Å². The van der Waals surface area contributed by atoms with E-state index in [-0.39, 0.29) is 0 Å². The molecule has 2 aliphatic heterocycles. The topological polar surface area (TPSA) is 36.2 Å². The Morgan fingerprint density at radius 1 is 0.844 bits per heavy atom. The van der Waals surface area contributed by atoms with Crippen LogP contribution >= 0.6 is 0 Å². The van der Waals surface area contributed by atoms with Crippen molar-refractivity contribution in [2.75, 3.05) is 72.1 Å². The second-order valence-electron chi connectivity index (χ2n) is 8.91. The molecule has 0 saturated carbocycles. The summed E-state index contributed by atoms with van der Waals surface area (Å²) >= 11 is 0. The number of pyridine rings is 1. The summed E-state index contributed by atoms with van der Waals surface area (Å²) in [5.74, 6) is 0. The van der Waals surface area contributed by atoms with E-state index < -0.39 is 0 Å². The molecule has 32 heavy (non-hydrogen) atoms. The first kappa shape index (κ1) is 21.6. The van der Waals surface area contributed by atoms with E-state index in [0.717, 1.165) is 70.1 Å². The Balaban J connectivity index is 1.19. The monoisotopic (exact) mass is 433 g/mol. The number of nitrogens with zero attached hydrogens (tertiary/aromatic N) is 5. The quantitative estimate of drug-likeness (QED) is 0.671. The van der Waals surface area contributed by atoms with Crippen LogP contribution < -0.4 is 0 Å². The zero-order chi connectivity index (χ0) is 21.6. The predicted octanol–water partition coefficient (Wildman–Crippen LogP) is 2.73. The summed E-state index contributed by atoms with van der Waals surface area (Å²) in [6, 6.07) is 6.29. The molecular weight excluding hydrogens is 398 g/mol. The summed E-state index contributed by atoms with van der Waals surface area (Å²) in [6.45, 7) is 12.0. The SMILES string of the molecule is C1=CCC=C(c2nc3ccccn3c2CCN2CCN(CCN3CCOCC3)CC2)C=C1. The fraction of sp³-hybridized carbons (Fsp3) is 0.500. The second-order valence-corrected chi connectivity index (χ2v) is 8.91. The van der Waals surface area contributed by atoms with Gasteiger partial charge in [0, 0.05) is 71.5 Å². The third kappa shape index (κ3) is 5.21. The number of imidazole rings is 1. The summed E-state index contributed by atoms with van der Waals surface area (Å²) in [4.78, 5) is 12.8. The van der Waals surface area contributed by atoms with E-state index in [0.29, 0.717) is 0 Å². The van der Waals surface area contributed by atoms with E-state index in [1.807, 2.05) is 0 Å². The molecule has 1 aliphatic carbocycles. The van der Waals surface area contributed by atoms with E-state index >= 15 is 0 Å². The van der Waals surface area contributed by atoms with Crippen molar-refractivity contribution in [3.8, 4) is 0 Å². The van der Waals surface area contributed by atoms with Gasteiger partial charge in [-0.15, -0.1) is 0 Å². The molecule has 4 heterocycles. The minimum absolute atomic E-state index is 0.891. The third-order valence-electron chi connectivity index (χ3n) is 6.87. The van der Waals surface area contributed by atoms with E-state index in [2.05, 4.69) is 73.9 Å². The highest BCUT2D eigenvalue weighted by Gasteiger charge is 2.20. The van der Waals surface area contributed by atoms with Gasteiger partial charge in [0.2, 0.25) is 0 Å². The lowest BCUT2D eigenvalue weighted by atomic mass is 10.1. The fourth-order valence-corrected chi connectivity index (χ4v) is 4.88. The molecule has 6 nitrogen and oxygen atoms in total. The number of ether oxygens (including phenoxy) is 1. The first-order chi connectivity index (χ1) is 15.9. The number of morpholine rings is 1. The van der Waals surface area contributed by atoms with Crippen LogP contribution in [0.5, 0.6) is 0 Å². The second kappa shape index (κ2) is 10.6. The molecule has 2 saturated heterocycles. The van der Waals surface area contributed by atoms with Gasteiger partial charge in [0.1, 0.15) is 5.65 Å². The van der Waals surface area contributed by atoms with Crippen LogP contribution in [0.3, 0.4) is 0 Å². The zero-order valence-corrected chi connectivity index (χ0v) is 19.0. The van der Waals surface area contributed by atoms with Gasteiger partial charge in [0.15, 0.2) is 0 Å². The third-order valence-corrected chi connectivity index (χ3v) is 6.87. The van der Waals surface area contributed by atoms with Crippen LogP contribution in [0.4, 0.5) is 0 Å². The van der Waals surface area contributed by atoms with Crippen molar-refractivity contribution in [1.82, 2.24) is 24.1 Å². The Labute approximate surface area is 191 Å². The number of allylic oxidation sites excluding steroid dienone is 6. The van der Waals surface area contributed by atoms with Crippen LogP contribution in [-0.4, -0.2) is 96.2 Å². The minimum atomic E-state index is 0.891. The Kier molecular flexibility index (Phi) is 7.14. The van der Waals surface area contributed by atoms with Crippen molar-refractivity contribution in [2.24, 2.45) is 0 Å². The molecule has 3 aliphatic rings. The molecule has 0 bridgehead atoms. The van der Waals surface area contributed by atoms with Crippen LogP contribution in [0.2, 0.25) is 0 Å². The molecule has 2 aromatic heterocycles. The highest BCUT2D eigenvalue weighted by atomic mass is 16.5. The molecule has 170 valence electrons. The maximum Gasteiger partial charge on any atom is 0.137 e. The molecule has 2 aromatic rings. The van der Waals surface area contributed by atoms with E-state index in [4.69, 9.17) is 9.72 Å². The average Bonchev–Trinajstić information content (AvgIpc) is 3.01. The van der Waals surface area contributed by atoms with Crippen LogP contribution in [0.1, 0.15) is 17.8 Å². The molecule has 0 amide bonds. The normalized spacial score (nSPS) is 21.2. The Hall–Kier alpha value is -2.25. The van der Waals surface area contributed by atoms with E-state index in [1.54, 1.807) is 0 Å². The van der Waals surface area contributed by atoms with Gasteiger partial charge in [0.25, 0.3) is 0 Å². The summed E-state index contributed by atoms with van der Waals surface area (Å²) < 4.78 is 7.74. The van der Waals surface area contributed by atoms with Crippen molar-refractivity contribution in [1.29, 1.82) is 0 Å². The van der Waals surface area contributed by atoms with Crippen LogP contribution in [0, 0.1) is 0 Å². The maximum absolute atomic E-state index is 5.46. The summed E-state index contributed by atoms with van der Waals surface area (Å²) in [7, 11) is 0. The molecule has 0 N–H and O–H groups in total. The smallest absolute Gasteiger partial charge is 0.137 e. The highest BCUT2D eigenvalue weighted by Crippen LogP contribution is 2.24. The maximum atomic E-state index is 5.46. The van der Waals surface area contributed by atoms with Crippen molar-refractivity contribution in [3.63, 3.8) is 0 Å². The molecule has 5 rings (SSSR count). The summed E-state index contributed by atoms with van der Waals surface area (Å²) in [6.07, 6.45) is 15.1. The summed E-state index contributed by atoms with van der Waals surface area (Å²) in [5.41, 5.74) is 4.74. The van der Waals surface area contributed by atoms with Gasteiger partial charge in [-0.1, -0.05) is 36.4 Å². The number of fused-ring (bicyclic) bond motifs is 1. The molecule has 6 heteroatoms. The van der Waals surface area contributed by atoms with Gasteiger partial charge in [-0.2, -0.15) is 0 Å². The van der Waals surface area contributed by atoms with Crippen molar-refractivity contribution < 1.29 is 4.74 Å². The fourth-order valence-electron chi connectivity index (χ4n) is 4.88. The molecule has 0 unspecified atom stereocenters. The Morgan fingerprint density at radius 2 is 1.59 bits per heavy atom. The van der Waals surface area contributed by atoms with Gasteiger partial charge < -0.3 is 14.0 Å². The van der Waals surface area contributed by atoms with Crippen LogP contribution in [0.25, 0.3) is 11.2 Å². The van der Waals surface area contributed by atoms with Gasteiger partial charge in [0.05, 0.1) is 24.6 Å². The molecule has 0 spiro atoms. The highest BCUT2D eigenvalue weighted by molar-refractivity contribution is 5.76. The van der Waals surface area contributed by atoms with Gasteiger partial charge in [-0.25, -0.2) is 4.98 Å². The average molecular weight is 434 g/mol. The zero-order valence-electron chi connectivity index (χ0n) is 19.0. The van der Waals surface area contributed by atoms with Crippen LogP contribution in [0.15, 0.2) is 54.8 Å². The lowest BCUT2D eigenvalue weighted by molar-refractivity contribution is 0.0300. The number of rotatable bonds is 7. The van der Waals surface area contributed by atoms with Crippen molar-refractivity contribution >= 4 is 11.2 Å². The van der Waals surface area contributed by atoms with Gasteiger partial charge in [-0.05, 0) is 24.1 Å². The lowest BCUT2D eigenvalue weighted by Crippen LogP contribution is -2.49. The standard InChI is InChI=1S/C26H35N5O/c1-2-4-8-23(7-3-1)26-24(31-11-6-5-9-25(31)27-26)10-12-28-13-15-29(16-14-28)17-18-30-19-21-32-22-20-30/h1-3,5-9,11H,4,10,12-22H2. The van der Waals surface area contributed by atoms with E-state index in [9.17, 15) is 0 Å². The predicted molar refractivity (Wildman–Crippen MR) is 130 cm³/mol. The minimum Gasteiger partial charge on any atom is -0.379 e.